The molecule has 0 saturated carbocycles. The zero-order valence-corrected chi connectivity index (χ0v) is 12.9. The van der Waals surface area contributed by atoms with E-state index < -0.39 is 10.5 Å². The molecule has 7 nitrogen and oxygen atoms in total. The number of rotatable bonds is 5. The number of nitro groups is 1. The van der Waals surface area contributed by atoms with Gasteiger partial charge >= 0.3 is 0 Å². The second-order valence-electron chi connectivity index (χ2n) is 5.50. The molecule has 2 rings (SSSR count). The van der Waals surface area contributed by atoms with Crippen molar-refractivity contribution in [2.24, 2.45) is 0 Å². The summed E-state index contributed by atoms with van der Waals surface area (Å²) in [5.41, 5.74) is -0.286. The first kappa shape index (κ1) is 16.4. The van der Waals surface area contributed by atoms with Crippen molar-refractivity contribution in [3.8, 4) is 0 Å². The Hall–Kier alpha value is -1.99. The lowest BCUT2D eigenvalue weighted by atomic mass is 9.90. The number of ether oxygens (including phenoxy) is 1. The molecule has 0 atom stereocenters. The molecule has 22 heavy (non-hydrogen) atoms. The summed E-state index contributed by atoms with van der Waals surface area (Å²) in [6.45, 7) is 1.63. The Kier molecular flexibility index (Phi) is 5.10. The Morgan fingerprint density at radius 3 is 2.64 bits per heavy atom. The van der Waals surface area contributed by atoms with Crippen molar-refractivity contribution in [1.29, 1.82) is 0 Å². The highest BCUT2D eigenvalue weighted by molar-refractivity contribution is 5.85. The van der Waals surface area contributed by atoms with Crippen LogP contribution in [-0.2, 0) is 16.1 Å². The molecule has 0 aromatic heterocycles. The number of nitro benzene ring substituents is 1. The summed E-state index contributed by atoms with van der Waals surface area (Å²) in [5.74, 6) is -0.130. The van der Waals surface area contributed by atoms with Crippen LogP contribution in [0.1, 0.15) is 18.4 Å². The highest BCUT2D eigenvalue weighted by Gasteiger charge is 2.41. The minimum Gasteiger partial charge on any atom is -0.368 e. The van der Waals surface area contributed by atoms with Gasteiger partial charge in [0.15, 0.2) is 0 Å². The summed E-state index contributed by atoms with van der Waals surface area (Å²) in [4.78, 5) is 24.9. The van der Waals surface area contributed by atoms with Crippen molar-refractivity contribution in [1.82, 2.24) is 10.2 Å². The van der Waals surface area contributed by atoms with Crippen LogP contribution in [0.25, 0.3) is 0 Å². The van der Waals surface area contributed by atoms with E-state index >= 15 is 0 Å². The molecule has 1 saturated heterocycles. The van der Waals surface area contributed by atoms with Gasteiger partial charge in [0.1, 0.15) is 5.60 Å². The Morgan fingerprint density at radius 2 is 2.05 bits per heavy atom. The molecule has 120 valence electrons. The normalized spacial score (nSPS) is 17.0. The Morgan fingerprint density at radius 1 is 1.41 bits per heavy atom. The maximum Gasteiger partial charge on any atom is 0.274 e. The number of likely N-dealkylation sites (N-methyl/N-ethyl adjacent to an activating group) is 1. The lowest BCUT2D eigenvalue weighted by Crippen LogP contribution is -2.54. The minimum atomic E-state index is -0.830. The van der Waals surface area contributed by atoms with Crippen LogP contribution in [0, 0.1) is 10.1 Å². The molecule has 1 amide bonds. The van der Waals surface area contributed by atoms with Gasteiger partial charge in [-0.25, -0.2) is 0 Å². The van der Waals surface area contributed by atoms with Gasteiger partial charge in [-0.15, -0.1) is 0 Å². The molecule has 1 aromatic carbocycles. The third-order valence-electron chi connectivity index (χ3n) is 4.13. The van der Waals surface area contributed by atoms with E-state index in [4.69, 9.17) is 4.74 Å². The topological polar surface area (TPSA) is 84.7 Å². The van der Waals surface area contributed by atoms with Gasteiger partial charge in [-0.3, -0.25) is 14.9 Å². The smallest absolute Gasteiger partial charge is 0.274 e. The molecule has 0 unspecified atom stereocenters. The van der Waals surface area contributed by atoms with Gasteiger partial charge in [0.2, 0.25) is 0 Å². The Balaban J connectivity index is 2.16. The van der Waals surface area contributed by atoms with E-state index in [1.54, 1.807) is 32.4 Å². The number of carbonyl (C=O) groups excluding carboxylic acids is 1. The zero-order chi connectivity index (χ0) is 16.2. The third-order valence-corrected chi connectivity index (χ3v) is 4.13. The van der Waals surface area contributed by atoms with Gasteiger partial charge in [0.05, 0.1) is 11.5 Å². The molecule has 0 aliphatic carbocycles. The van der Waals surface area contributed by atoms with Crippen molar-refractivity contribution in [2.45, 2.75) is 25.0 Å². The number of methoxy groups -OCH3 is 1. The van der Waals surface area contributed by atoms with Gasteiger partial charge in [-0.05, 0) is 25.9 Å². The molecular formula is C15H21N3O4. The SMILES string of the molecule is COC1(C(=O)N(C)Cc2ccccc2[N+](=O)[O-])CCNCC1. The minimum absolute atomic E-state index is 0.0268. The van der Waals surface area contributed by atoms with Crippen LogP contribution in [0.15, 0.2) is 24.3 Å². The first-order valence-corrected chi connectivity index (χ1v) is 7.24. The molecule has 1 fully saturated rings. The molecule has 1 aromatic rings. The predicted molar refractivity (Wildman–Crippen MR) is 81.4 cm³/mol. The number of carbonyl (C=O) groups is 1. The number of nitrogens with zero attached hydrogens (tertiary/aromatic N) is 2. The van der Waals surface area contributed by atoms with Gasteiger partial charge in [-0.1, -0.05) is 18.2 Å². The first-order valence-electron chi connectivity index (χ1n) is 7.24. The summed E-state index contributed by atoms with van der Waals surface area (Å²) in [6.07, 6.45) is 1.20. The van der Waals surface area contributed by atoms with Crippen LogP contribution in [0.2, 0.25) is 0 Å². The molecule has 1 aliphatic heterocycles. The van der Waals surface area contributed by atoms with E-state index in [0.717, 1.165) is 13.1 Å². The van der Waals surface area contributed by atoms with Crippen LogP contribution in [0.5, 0.6) is 0 Å². The Labute approximate surface area is 129 Å². The van der Waals surface area contributed by atoms with Crippen LogP contribution in [0.4, 0.5) is 5.69 Å². The largest absolute Gasteiger partial charge is 0.368 e. The van der Waals surface area contributed by atoms with E-state index in [9.17, 15) is 14.9 Å². The average molecular weight is 307 g/mol. The fourth-order valence-electron chi connectivity index (χ4n) is 2.83. The molecule has 0 radical (unpaired) electrons. The summed E-state index contributed by atoms with van der Waals surface area (Å²) in [6, 6.07) is 6.47. The molecule has 0 spiro atoms. The predicted octanol–water partition coefficient (Wildman–Crippen LogP) is 1.32. The van der Waals surface area contributed by atoms with Gasteiger partial charge < -0.3 is 15.0 Å². The van der Waals surface area contributed by atoms with E-state index in [1.807, 2.05) is 0 Å². The second-order valence-corrected chi connectivity index (χ2v) is 5.50. The molecule has 1 heterocycles. The van der Waals surface area contributed by atoms with Crippen molar-refractivity contribution in [3.63, 3.8) is 0 Å². The van der Waals surface area contributed by atoms with Crippen LogP contribution < -0.4 is 5.32 Å². The maximum atomic E-state index is 12.7. The number of benzene rings is 1. The number of hydrogen-bond donors (Lipinski definition) is 1. The van der Waals surface area contributed by atoms with Gasteiger partial charge in [0, 0.05) is 25.8 Å². The van der Waals surface area contributed by atoms with Crippen molar-refractivity contribution in [2.75, 3.05) is 27.2 Å². The monoisotopic (exact) mass is 307 g/mol. The number of amides is 1. The Bertz CT molecular complexity index is 555. The van der Waals surface area contributed by atoms with E-state index in [0.29, 0.717) is 18.4 Å². The van der Waals surface area contributed by atoms with E-state index in [1.165, 1.54) is 11.0 Å². The highest BCUT2D eigenvalue weighted by atomic mass is 16.6. The standard InChI is InChI=1S/C15H21N3O4/c1-17(11-12-5-3-4-6-13(12)18(20)21)14(19)15(22-2)7-9-16-10-8-15/h3-6,16H,7-11H2,1-2H3. The summed E-state index contributed by atoms with van der Waals surface area (Å²) in [5, 5.41) is 14.3. The lowest BCUT2D eigenvalue weighted by molar-refractivity contribution is -0.385. The van der Waals surface area contributed by atoms with Crippen molar-refractivity contribution < 1.29 is 14.5 Å². The van der Waals surface area contributed by atoms with E-state index in [2.05, 4.69) is 5.32 Å². The molecule has 0 bridgehead atoms. The molecule has 1 N–H and O–H groups in total. The highest BCUT2D eigenvalue weighted by Crippen LogP contribution is 2.26. The number of hydrogen-bond acceptors (Lipinski definition) is 5. The van der Waals surface area contributed by atoms with Crippen LogP contribution >= 0.6 is 0 Å². The van der Waals surface area contributed by atoms with Gasteiger partial charge in [-0.2, -0.15) is 0 Å². The summed E-state index contributed by atoms with van der Waals surface area (Å²) < 4.78 is 5.51. The molecular weight excluding hydrogens is 286 g/mol. The lowest BCUT2D eigenvalue weighted by Gasteiger charge is -2.37. The number of para-hydroxylation sites is 1. The van der Waals surface area contributed by atoms with Crippen LogP contribution in [0.3, 0.4) is 0 Å². The van der Waals surface area contributed by atoms with Crippen molar-refractivity contribution >= 4 is 11.6 Å². The first-order chi connectivity index (χ1) is 10.5. The quantitative estimate of drug-likeness (QED) is 0.655. The maximum absolute atomic E-state index is 12.7. The zero-order valence-electron chi connectivity index (χ0n) is 12.9. The molecule has 7 heteroatoms. The summed E-state index contributed by atoms with van der Waals surface area (Å²) in [7, 11) is 3.20. The molecule has 1 aliphatic rings. The fraction of sp³-hybridized carbons (Fsp3) is 0.533. The third kappa shape index (κ3) is 3.26. The second kappa shape index (κ2) is 6.85. The van der Waals surface area contributed by atoms with E-state index in [-0.39, 0.29) is 18.1 Å². The van der Waals surface area contributed by atoms with Gasteiger partial charge in [0.25, 0.3) is 11.6 Å². The summed E-state index contributed by atoms with van der Waals surface area (Å²) >= 11 is 0. The number of piperidine rings is 1. The van der Waals surface area contributed by atoms with Crippen LogP contribution in [-0.4, -0.2) is 48.6 Å². The average Bonchev–Trinajstić information content (AvgIpc) is 2.55. The van der Waals surface area contributed by atoms with Crippen molar-refractivity contribution in [3.05, 3.63) is 39.9 Å². The number of nitrogens with one attached hydrogen (secondary N) is 1. The fourth-order valence-corrected chi connectivity index (χ4v) is 2.83.